The van der Waals surface area contributed by atoms with Gasteiger partial charge < -0.3 is 14.7 Å². The fourth-order valence-corrected chi connectivity index (χ4v) is 0.826. The van der Waals surface area contributed by atoms with E-state index in [1.54, 1.807) is 0 Å². The lowest BCUT2D eigenvalue weighted by Crippen LogP contribution is -1.93. The number of rotatable bonds is 5. The molecular formula is C7H12N2O3. The predicted molar refractivity (Wildman–Crippen MR) is 40.5 cm³/mol. The highest BCUT2D eigenvalue weighted by molar-refractivity contribution is 4.86. The van der Waals surface area contributed by atoms with E-state index in [9.17, 15) is 0 Å². The van der Waals surface area contributed by atoms with Crippen molar-refractivity contribution in [1.29, 1.82) is 0 Å². The van der Waals surface area contributed by atoms with Crippen LogP contribution in [0.3, 0.4) is 0 Å². The largest absolute Gasteiger partial charge is 0.396 e. The average molecular weight is 172 g/mol. The number of hydrogen-bond donors (Lipinski definition) is 2. The molecular weight excluding hydrogens is 160 g/mol. The number of aromatic nitrogens is 2. The number of hydrogen-bond acceptors (Lipinski definition) is 5. The van der Waals surface area contributed by atoms with Crippen LogP contribution in [-0.2, 0) is 12.8 Å². The van der Waals surface area contributed by atoms with E-state index >= 15 is 0 Å². The zero-order valence-electron chi connectivity index (χ0n) is 6.73. The Balaban J connectivity index is 2.41. The topological polar surface area (TPSA) is 79.4 Å². The van der Waals surface area contributed by atoms with E-state index < -0.39 is 0 Å². The summed E-state index contributed by atoms with van der Waals surface area (Å²) in [5.74, 6) is 1.04. The number of aliphatic hydroxyl groups is 2. The molecule has 1 aromatic rings. The van der Waals surface area contributed by atoms with Gasteiger partial charge in [0, 0.05) is 13.0 Å². The highest BCUT2D eigenvalue weighted by Gasteiger charge is 2.04. The molecule has 0 radical (unpaired) electrons. The van der Waals surface area contributed by atoms with Crippen LogP contribution < -0.4 is 0 Å². The summed E-state index contributed by atoms with van der Waals surface area (Å²) in [4.78, 5) is 3.99. The monoisotopic (exact) mass is 172 g/mol. The van der Waals surface area contributed by atoms with Crippen molar-refractivity contribution in [2.45, 2.75) is 19.3 Å². The highest BCUT2D eigenvalue weighted by atomic mass is 16.5. The molecule has 5 nitrogen and oxygen atoms in total. The van der Waals surface area contributed by atoms with E-state index in [0.29, 0.717) is 31.0 Å². The second-order valence-corrected chi connectivity index (χ2v) is 2.41. The normalized spacial score (nSPS) is 10.5. The quantitative estimate of drug-likeness (QED) is 0.627. The molecule has 0 aliphatic rings. The third-order valence-electron chi connectivity index (χ3n) is 1.39. The van der Waals surface area contributed by atoms with Crippen LogP contribution in [0.4, 0.5) is 0 Å². The van der Waals surface area contributed by atoms with E-state index in [1.807, 2.05) is 0 Å². The lowest BCUT2D eigenvalue weighted by molar-refractivity contribution is 0.273. The summed E-state index contributed by atoms with van der Waals surface area (Å²) in [6.45, 7) is 0.144. The maximum atomic E-state index is 8.54. The fourth-order valence-electron chi connectivity index (χ4n) is 0.826. The van der Waals surface area contributed by atoms with Crippen molar-refractivity contribution in [1.82, 2.24) is 10.1 Å². The van der Waals surface area contributed by atoms with Gasteiger partial charge in [-0.2, -0.15) is 4.98 Å². The molecule has 1 rings (SSSR count). The Kier molecular flexibility index (Phi) is 3.69. The van der Waals surface area contributed by atoms with Crippen molar-refractivity contribution in [3.05, 3.63) is 11.7 Å². The molecule has 1 heterocycles. The summed E-state index contributed by atoms with van der Waals surface area (Å²) < 4.78 is 4.80. The van der Waals surface area contributed by atoms with Crippen LogP contribution in [0, 0.1) is 0 Å². The lowest BCUT2D eigenvalue weighted by atomic mass is 10.3. The van der Waals surface area contributed by atoms with E-state index in [4.69, 9.17) is 14.7 Å². The molecule has 0 aliphatic carbocycles. The molecule has 0 bridgehead atoms. The van der Waals surface area contributed by atoms with Crippen LogP contribution in [0.5, 0.6) is 0 Å². The molecule has 2 N–H and O–H groups in total. The SMILES string of the molecule is OCCCc1noc(CCO)n1. The Bertz CT molecular complexity index is 224. The van der Waals surface area contributed by atoms with Crippen molar-refractivity contribution in [3.8, 4) is 0 Å². The van der Waals surface area contributed by atoms with Gasteiger partial charge in [-0.1, -0.05) is 5.16 Å². The maximum Gasteiger partial charge on any atom is 0.228 e. The van der Waals surface area contributed by atoms with Crippen molar-refractivity contribution in [3.63, 3.8) is 0 Å². The van der Waals surface area contributed by atoms with Crippen molar-refractivity contribution in [2.75, 3.05) is 13.2 Å². The molecule has 0 atom stereocenters. The molecule has 5 heteroatoms. The second kappa shape index (κ2) is 4.84. The van der Waals surface area contributed by atoms with Crippen molar-refractivity contribution in [2.24, 2.45) is 0 Å². The summed E-state index contributed by atoms with van der Waals surface area (Å²) >= 11 is 0. The van der Waals surface area contributed by atoms with Gasteiger partial charge in [-0.15, -0.1) is 0 Å². The van der Waals surface area contributed by atoms with Gasteiger partial charge in [-0.25, -0.2) is 0 Å². The first-order chi connectivity index (χ1) is 5.86. The molecule has 0 fully saturated rings. The summed E-state index contributed by atoms with van der Waals surface area (Å²) in [6.07, 6.45) is 1.65. The van der Waals surface area contributed by atoms with Gasteiger partial charge in [-0.05, 0) is 6.42 Å². The first-order valence-corrected chi connectivity index (χ1v) is 3.90. The molecule has 12 heavy (non-hydrogen) atoms. The van der Waals surface area contributed by atoms with E-state index in [2.05, 4.69) is 10.1 Å². The minimum atomic E-state index is 0.0155. The third kappa shape index (κ3) is 2.60. The van der Waals surface area contributed by atoms with Gasteiger partial charge in [0.25, 0.3) is 0 Å². The van der Waals surface area contributed by atoms with Crippen LogP contribution in [0.15, 0.2) is 4.52 Å². The molecule has 0 aliphatic heterocycles. The van der Waals surface area contributed by atoms with Crippen molar-refractivity contribution >= 4 is 0 Å². The van der Waals surface area contributed by atoms with E-state index in [0.717, 1.165) is 0 Å². The smallest absolute Gasteiger partial charge is 0.228 e. The van der Waals surface area contributed by atoms with Crippen LogP contribution >= 0.6 is 0 Å². The van der Waals surface area contributed by atoms with Gasteiger partial charge in [0.1, 0.15) is 0 Å². The fraction of sp³-hybridized carbons (Fsp3) is 0.714. The van der Waals surface area contributed by atoms with Crippen LogP contribution in [0.1, 0.15) is 18.1 Å². The number of aryl methyl sites for hydroxylation is 1. The van der Waals surface area contributed by atoms with Crippen LogP contribution in [-0.4, -0.2) is 33.6 Å². The zero-order chi connectivity index (χ0) is 8.81. The lowest BCUT2D eigenvalue weighted by Gasteiger charge is -1.87. The Morgan fingerprint density at radius 3 is 2.67 bits per heavy atom. The Hall–Kier alpha value is -0.940. The van der Waals surface area contributed by atoms with Gasteiger partial charge >= 0.3 is 0 Å². The molecule has 1 aromatic heterocycles. The predicted octanol–water partition coefficient (Wildman–Crippen LogP) is -0.471. The first-order valence-electron chi connectivity index (χ1n) is 3.90. The second-order valence-electron chi connectivity index (χ2n) is 2.41. The molecule has 0 spiro atoms. The summed E-state index contributed by atoms with van der Waals surface area (Å²) in [7, 11) is 0. The van der Waals surface area contributed by atoms with Gasteiger partial charge in [0.05, 0.1) is 13.0 Å². The first kappa shape index (κ1) is 9.15. The Morgan fingerprint density at radius 2 is 2.00 bits per heavy atom. The molecule has 0 saturated heterocycles. The highest BCUT2D eigenvalue weighted by Crippen LogP contribution is 2.00. The van der Waals surface area contributed by atoms with Gasteiger partial charge in [0.2, 0.25) is 5.89 Å². The molecule has 0 unspecified atom stereocenters. The van der Waals surface area contributed by atoms with Crippen LogP contribution in [0.25, 0.3) is 0 Å². The molecule has 0 saturated carbocycles. The third-order valence-corrected chi connectivity index (χ3v) is 1.39. The Labute approximate surface area is 70.0 Å². The van der Waals surface area contributed by atoms with Crippen molar-refractivity contribution < 1.29 is 14.7 Å². The minimum Gasteiger partial charge on any atom is -0.396 e. The maximum absolute atomic E-state index is 8.54. The van der Waals surface area contributed by atoms with E-state index in [1.165, 1.54) is 0 Å². The molecule has 0 aromatic carbocycles. The summed E-state index contributed by atoms with van der Waals surface area (Å²) in [5, 5.41) is 20.7. The molecule has 68 valence electrons. The van der Waals surface area contributed by atoms with Gasteiger partial charge in [0.15, 0.2) is 5.82 Å². The zero-order valence-corrected chi connectivity index (χ0v) is 6.73. The van der Waals surface area contributed by atoms with Gasteiger partial charge in [-0.3, -0.25) is 0 Å². The average Bonchev–Trinajstić information content (AvgIpc) is 2.50. The summed E-state index contributed by atoms with van der Waals surface area (Å²) in [6, 6.07) is 0. The standard InChI is InChI=1S/C7H12N2O3/c10-4-1-2-6-8-7(3-5-11)12-9-6/h10-11H,1-5H2. The number of aliphatic hydroxyl groups excluding tert-OH is 2. The van der Waals surface area contributed by atoms with Crippen LogP contribution in [0.2, 0.25) is 0 Å². The minimum absolute atomic E-state index is 0.0155. The number of nitrogens with zero attached hydrogens (tertiary/aromatic N) is 2. The van der Waals surface area contributed by atoms with E-state index in [-0.39, 0.29) is 13.2 Å². The Morgan fingerprint density at radius 1 is 1.17 bits per heavy atom. The molecule has 0 amide bonds. The summed E-state index contributed by atoms with van der Waals surface area (Å²) in [5.41, 5.74) is 0.